The summed E-state index contributed by atoms with van der Waals surface area (Å²) >= 11 is 5.36. The highest BCUT2D eigenvalue weighted by molar-refractivity contribution is 7.58. The molecule has 0 spiro atoms. The standard InChI is InChI=1S/C22H26N6OS2/c1-14(29)28-9-7-27(8-10-28)13-19-25-21-18(31-19)6-5-15-12-23-22(26-20(15)21)24-16-3-2-4-17(30)11-16/h2-4,11-12,14,29-30H,5-10,13H2,1H3,(H,23,24,26)/p+1. The number of nitrogens with one attached hydrogen (secondary N) is 1. The Labute approximate surface area is 191 Å². The molecule has 2 N–H and O–H groups in total. The van der Waals surface area contributed by atoms with Crippen molar-refractivity contribution in [3.05, 3.63) is 45.9 Å². The summed E-state index contributed by atoms with van der Waals surface area (Å²) in [6.45, 7) is 6.38. The fourth-order valence-electron chi connectivity index (χ4n) is 4.14. The number of hydrogen-bond acceptors (Lipinski definition) is 8. The van der Waals surface area contributed by atoms with Crippen LogP contribution in [0.5, 0.6) is 0 Å². The van der Waals surface area contributed by atoms with E-state index < -0.39 is 0 Å². The van der Waals surface area contributed by atoms with Crippen molar-refractivity contribution >= 4 is 35.6 Å². The average molecular weight is 456 g/mol. The van der Waals surface area contributed by atoms with Crippen molar-refractivity contribution in [3.63, 3.8) is 0 Å². The van der Waals surface area contributed by atoms with E-state index in [1.807, 2.05) is 48.7 Å². The van der Waals surface area contributed by atoms with Crippen molar-refractivity contribution in [2.45, 2.75) is 37.4 Å². The van der Waals surface area contributed by atoms with Gasteiger partial charge in [-0.25, -0.2) is 15.0 Å². The number of anilines is 2. The van der Waals surface area contributed by atoms with Crippen molar-refractivity contribution in [1.82, 2.24) is 24.8 Å². The highest BCUT2D eigenvalue weighted by Gasteiger charge is 2.25. The molecule has 1 aromatic carbocycles. The van der Waals surface area contributed by atoms with Crippen molar-refractivity contribution in [2.75, 3.05) is 31.5 Å². The van der Waals surface area contributed by atoms with E-state index in [1.54, 1.807) is 0 Å². The van der Waals surface area contributed by atoms with Crippen LogP contribution in [0.1, 0.15) is 22.4 Å². The van der Waals surface area contributed by atoms with Gasteiger partial charge in [0.1, 0.15) is 16.9 Å². The number of aromatic nitrogens is 3. The smallest absolute Gasteiger partial charge is 0.227 e. The van der Waals surface area contributed by atoms with E-state index in [9.17, 15) is 5.11 Å². The van der Waals surface area contributed by atoms with Crippen LogP contribution in [-0.2, 0) is 32.0 Å². The van der Waals surface area contributed by atoms with Gasteiger partial charge in [-0.2, -0.15) is 0 Å². The number of benzene rings is 1. The van der Waals surface area contributed by atoms with E-state index in [0.29, 0.717) is 5.95 Å². The number of rotatable bonds is 5. The summed E-state index contributed by atoms with van der Waals surface area (Å²) in [5.41, 5.74) is 4.08. The van der Waals surface area contributed by atoms with E-state index in [4.69, 9.17) is 9.97 Å². The van der Waals surface area contributed by atoms with Gasteiger partial charge in [-0.15, -0.1) is 11.3 Å². The van der Waals surface area contributed by atoms with Crippen LogP contribution in [0.15, 0.2) is 35.4 Å². The fraction of sp³-hybridized carbons (Fsp3) is 0.409. The van der Waals surface area contributed by atoms with E-state index in [-0.39, 0.29) is 6.23 Å². The van der Waals surface area contributed by atoms with Crippen molar-refractivity contribution in [3.8, 4) is 11.4 Å². The van der Waals surface area contributed by atoms with Crippen LogP contribution in [0.3, 0.4) is 0 Å². The number of nitrogens with zero attached hydrogens (tertiary/aromatic N) is 5. The zero-order valence-electron chi connectivity index (χ0n) is 17.5. The van der Waals surface area contributed by atoms with Gasteiger partial charge >= 0.3 is 0 Å². The zero-order valence-corrected chi connectivity index (χ0v) is 19.3. The summed E-state index contributed by atoms with van der Waals surface area (Å²) in [6.07, 6.45) is 3.51. The van der Waals surface area contributed by atoms with Gasteiger partial charge in [0.15, 0.2) is 4.90 Å². The maximum Gasteiger partial charge on any atom is 0.227 e. The van der Waals surface area contributed by atoms with Gasteiger partial charge in [0.25, 0.3) is 0 Å². The first-order valence-corrected chi connectivity index (χ1v) is 11.9. The van der Waals surface area contributed by atoms with E-state index >= 15 is 0 Å². The van der Waals surface area contributed by atoms with Crippen LogP contribution in [0.4, 0.5) is 11.6 Å². The Morgan fingerprint density at radius 1 is 1.16 bits per heavy atom. The molecule has 2 aliphatic rings. The van der Waals surface area contributed by atoms with Crippen LogP contribution in [0, 0.1) is 0 Å². The minimum absolute atomic E-state index is 0.370. The Hall–Kier alpha value is -2.04. The highest BCUT2D eigenvalue weighted by Crippen LogP contribution is 2.36. The SMILES string of the molecule is CC(O)N1CCN(Cc2nc3c(s2)CCc2cnc(Nc4cccc([SH2+])c4)nc2-3)CC1. The molecule has 7 nitrogen and oxygen atoms in total. The van der Waals surface area contributed by atoms with Gasteiger partial charge in [-0.3, -0.25) is 9.80 Å². The van der Waals surface area contributed by atoms with Crippen LogP contribution < -0.4 is 5.32 Å². The van der Waals surface area contributed by atoms with E-state index in [1.165, 1.54) is 4.88 Å². The minimum Gasteiger partial charge on any atom is -0.379 e. The number of aliphatic hydroxyl groups is 1. The number of thiazole rings is 1. The molecule has 1 atom stereocenters. The molecule has 0 bridgehead atoms. The third kappa shape index (κ3) is 4.61. The molecule has 1 unspecified atom stereocenters. The lowest BCUT2D eigenvalue weighted by molar-refractivity contribution is -0.0141. The summed E-state index contributed by atoms with van der Waals surface area (Å²) in [4.78, 5) is 21.2. The number of aliphatic hydroxyl groups excluding tert-OH is 1. The number of aryl methyl sites for hydroxylation is 2. The minimum atomic E-state index is -0.370. The molecule has 1 aliphatic carbocycles. The number of piperazine rings is 1. The average Bonchev–Trinajstić information content (AvgIpc) is 3.17. The second kappa shape index (κ2) is 8.84. The van der Waals surface area contributed by atoms with Crippen LogP contribution >= 0.6 is 11.3 Å². The second-order valence-electron chi connectivity index (χ2n) is 8.10. The third-order valence-electron chi connectivity index (χ3n) is 5.86. The Balaban J connectivity index is 1.33. The number of fused-ring (bicyclic) bond motifs is 3. The van der Waals surface area contributed by atoms with Gasteiger partial charge in [-0.1, -0.05) is 6.07 Å². The predicted molar refractivity (Wildman–Crippen MR) is 127 cm³/mol. The summed E-state index contributed by atoms with van der Waals surface area (Å²) in [5.74, 6) is 0.590. The maximum absolute atomic E-state index is 9.76. The number of hydrogen-bond donors (Lipinski definition) is 2. The topological polar surface area (TPSA) is 77.4 Å². The lowest BCUT2D eigenvalue weighted by Crippen LogP contribution is -2.49. The third-order valence-corrected chi connectivity index (χ3v) is 7.28. The molecule has 3 heterocycles. The Morgan fingerprint density at radius 3 is 2.77 bits per heavy atom. The molecule has 9 heteroatoms. The van der Waals surface area contributed by atoms with Crippen molar-refractivity contribution < 1.29 is 5.11 Å². The molecule has 0 saturated carbocycles. The molecular weight excluding hydrogens is 428 g/mol. The largest absolute Gasteiger partial charge is 0.379 e. The lowest BCUT2D eigenvalue weighted by atomic mass is 10.00. The summed E-state index contributed by atoms with van der Waals surface area (Å²) in [6, 6.07) is 7.97. The molecule has 1 saturated heterocycles. The molecule has 5 rings (SSSR count). The molecule has 1 fully saturated rings. The Morgan fingerprint density at radius 2 is 2.00 bits per heavy atom. The summed E-state index contributed by atoms with van der Waals surface area (Å²) < 4.78 is 0. The lowest BCUT2D eigenvalue weighted by Gasteiger charge is -2.35. The van der Waals surface area contributed by atoms with Crippen molar-refractivity contribution in [1.29, 1.82) is 0 Å². The normalized spacial score (nSPS) is 17.8. The summed E-state index contributed by atoms with van der Waals surface area (Å²) in [5, 5.41) is 14.2. The van der Waals surface area contributed by atoms with E-state index in [0.717, 1.165) is 78.1 Å². The first kappa shape index (κ1) is 20.8. The van der Waals surface area contributed by atoms with Gasteiger partial charge in [0.05, 0.1) is 12.2 Å². The summed E-state index contributed by atoms with van der Waals surface area (Å²) in [7, 11) is 0. The van der Waals surface area contributed by atoms with Gasteiger partial charge in [0, 0.05) is 49.0 Å². The zero-order chi connectivity index (χ0) is 21.4. The van der Waals surface area contributed by atoms with Crippen molar-refractivity contribution in [2.24, 2.45) is 0 Å². The molecule has 3 aromatic rings. The molecule has 1 aliphatic heterocycles. The first-order valence-electron chi connectivity index (χ1n) is 10.6. The molecule has 0 radical (unpaired) electrons. The van der Waals surface area contributed by atoms with Gasteiger partial charge in [-0.05, 0) is 50.1 Å². The van der Waals surface area contributed by atoms with Crippen LogP contribution in [-0.4, -0.2) is 62.3 Å². The Bertz CT molecular complexity index is 1080. The first-order chi connectivity index (χ1) is 15.0. The van der Waals surface area contributed by atoms with Gasteiger partial charge in [0.2, 0.25) is 5.95 Å². The molecule has 162 valence electrons. The highest BCUT2D eigenvalue weighted by atomic mass is 32.1. The molecule has 31 heavy (non-hydrogen) atoms. The predicted octanol–water partition coefficient (Wildman–Crippen LogP) is 2.27. The molecule has 0 amide bonds. The van der Waals surface area contributed by atoms with E-state index in [2.05, 4.69) is 32.7 Å². The molecular formula is C22H27N6OS2+. The van der Waals surface area contributed by atoms with Crippen LogP contribution in [0.25, 0.3) is 11.4 Å². The van der Waals surface area contributed by atoms with Gasteiger partial charge < -0.3 is 10.4 Å². The van der Waals surface area contributed by atoms with Crippen LogP contribution in [0.2, 0.25) is 0 Å². The monoisotopic (exact) mass is 455 g/mol. The maximum atomic E-state index is 9.76. The second-order valence-corrected chi connectivity index (χ2v) is 9.84. The Kier molecular flexibility index (Phi) is 5.94. The molecule has 2 aromatic heterocycles. The quantitative estimate of drug-likeness (QED) is 0.572. The fourth-order valence-corrected chi connectivity index (χ4v) is 5.50.